The SMILES string of the molecule is Cc1cccc(S(=O)(=O)N[C@@H]2CCCc3ccc(N(Cc4nccn4C)C(=O)C[C@H](C)c4cccc(F)c4)cc32)c1. The molecule has 41 heavy (non-hydrogen) atoms. The molecule has 0 bridgehead atoms. The van der Waals surface area contributed by atoms with Crippen molar-refractivity contribution in [3.8, 4) is 0 Å². The number of carbonyl (C=O) groups is 1. The lowest BCUT2D eigenvalue weighted by Gasteiger charge is -2.30. The van der Waals surface area contributed by atoms with E-state index in [9.17, 15) is 17.6 Å². The van der Waals surface area contributed by atoms with Gasteiger partial charge in [-0.3, -0.25) is 4.79 Å². The first-order valence-corrected chi connectivity index (χ1v) is 15.3. The molecule has 7 nitrogen and oxygen atoms in total. The lowest BCUT2D eigenvalue weighted by Crippen LogP contribution is -2.34. The summed E-state index contributed by atoms with van der Waals surface area (Å²) < 4.78 is 45.3. The zero-order chi connectivity index (χ0) is 29.1. The molecule has 1 aromatic heterocycles. The lowest BCUT2D eigenvalue weighted by atomic mass is 9.87. The quantitative estimate of drug-likeness (QED) is 0.268. The van der Waals surface area contributed by atoms with Crippen molar-refractivity contribution in [2.45, 2.75) is 62.9 Å². The van der Waals surface area contributed by atoms with E-state index in [1.165, 1.54) is 12.1 Å². The highest BCUT2D eigenvalue weighted by molar-refractivity contribution is 7.89. The summed E-state index contributed by atoms with van der Waals surface area (Å²) in [6.07, 6.45) is 6.04. The zero-order valence-electron chi connectivity index (χ0n) is 23.5. The molecule has 0 radical (unpaired) electrons. The number of hydrogen-bond acceptors (Lipinski definition) is 4. The van der Waals surface area contributed by atoms with Crippen LogP contribution >= 0.6 is 0 Å². The molecule has 9 heteroatoms. The fourth-order valence-electron chi connectivity index (χ4n) is 5.43. The smallest absolute Gasteiger partial charge is 0.241 e. The summed E-state index contributed by atoms with van der Waals surface area (Å²) in [6.45, 7) is 4.02. The van der Waals surface area contributed by atoms with E-state index in [1.807, 2.05) is 62.0 Å². The third kappa shape index (κ3) is 6.57. The number of imidazole rings is 1. The van der Waals surface area contributed by atoms with Crippen LogP contribution in [-0.2, 0) is 34.8 Å². The molecule has 3 aromatic carbocycles. The Hall–Kier alpha value is -3.82. The summed E-state index contributed by atoms with van der Waals surface area (Å²) in [7, 11) is -1.87. The van der Waals surface area contributed by atoms with Crippen LogP contribution in [-0.4, -0.2) is 23.9 Å². The second-order valence-corrected chi connectivity index (χ2v) is 12.6. The Morgan fingerprint density at radius 1 is 1.15 bits per heavy atom. The van der Waals surface area contributed by atoms with Crippen LogP contribution in [0.2, 0.25) is 0 Å². The number of carbonyl (C=O) groups excluding carboxylic acids is 1. The molecular weight excluding hydrogens is 539 g/mol. The van der Waals surface area contributed by atoms with Crippen LogP contribution in [0.5, 0.6) is 0 Å². The monoisotopic (exact) mass is 574 g/mol. The number of nitrogens with one attached hydrogen (secondary N) is 1. The molecule has 1 aliphatic carbocycles. The number of aryl methyl sites for hydroxylation is 3. The molecule has 0 saturated heterocycles. The van der Waals surface area contributed by atoms with Gasteiger partial charge in [-0.2, -0.15) is 0 Å². The summed E-state index contributed by atoms with van der Waals surface area (Å²) in [5.74, 6) is 0.0534. The number of halogens is 1. The van der Waals surface area contributed by atoms with Gasteiger partial charge in [0.15, 0.2) is 0 Å². The van der Waals surface area contributed by atoms with Gasteiger partial charge in [0.1, 0.15) is 11.6 Å². The first kappa shape index (κ1) is 28.7. The largest absolute Gasteiger partial charge is 0.337 e. The van der Waals surface area contributed by atoms with Gasteiger partial charge in [0.2, 0.25) is 15.9 Å². The molecule has 0 saturated carbocycles. The number of fused-ring (bicyclic) bond motifs is 1. The molecular formula is C32H35FN4O3S. The standard InChI is InChI=1S/C32H35FN4O3S/c1-22-7-4-11-28(17-22)41(39,40)35-30-12-6-8-24-13-14-27(20-29(24)30)37(21-31-34-15-16-36(31)3)32(38)18-23(2)25-9-5-10-26(33)19-25/h4-5,7,9-11,13-17,19-20,23,30,35H,6,8,12,18,21H2,1-3H3/t23-,30+/m0/s1. The van der Waals surface area contributed by atoms with Gasteiger partial charge in [0.05, 0.1) is 11.4 Å². The normalized spacial score (nSPS) is 15.8. The maximum atomic E-state index is 13.9. The minimum atomic E-state index is -3.75. The molecule has 0 unspecified atom stereocenters. The van der Waals surface area contributed by atoms with Gasteiger partial charge in [0.25, 0.3) is 0 Å². The van der Waals surface area contributed by atoms with Crippen LogP contribution < -0.4 is 9.62 Å². The predicted octanol–water partition coefficient (Wildman–Crippen LogP) is 5.95. The Morgan fingerprint density at radius 3 is 2.68 bits per heavy atom. The first-order chi connectivity index (χ1) is 19.6. The number of amides is 1. The van der Waals surface area contributed by atoms with Gasteiger partial charge in [-0.15, -0.1) is 0 Å². The summed E-state index contributed by atoms with van der Waals surface area (Å²) in [4.78, 5) is 20.2. The number of aromatic nitrogens is 2. The van der Waals surface area contributed by atoms with Crippen molar-refractivity contribution in [1.82, 2.24) is 14.3 Å². The predicted molar refractivity (Wildman–Crippen MR) is 157 cm³/mol. The molecule has 1 amide bonds. The van der Waals surface area contributed by atoms with E-state index in [0.717, 1.165) is 35.1 Å². The maximum Gasteiger partial charge on any atom is 0.241 e. The summed E-state index contributed by atoms with van der Waals surface area (Å²) >= 11 is 0. The molecule has 1 heterocycles. The fraction of sp³-hybridized carbons (Fsp3) is 0.312. The number of nitrogens with zero attached hydrogens (tertiary/aromatic N) is 3. The Kier molecular flexibility index (Phi) is 8.37. The van der Waals surface area contributed by atoms with Crippen LogP contribution in [0.25, 0.3) is 0 Å². The minimum Gasteiger partial charge on any atom is -0.337 e. The van der Waals surface area contributed by atoms with E-state index in [0.29, 0.717) is 17.9 Å². The molecule has 4 aromatic rings. The van der Waals surface area contributed by atoms with E-state index in [1.54, 1.807) is 35.4 Å². The molecule has 0 aliphatic heterocycles. The van der Waals surface area contributed by atoms with E-state index in [2.05, 4.69) is 9.71 Å². The van der Waals surface area contributed by atoms with Crippen molar-refractivity contribution < 1.29 is 17.6 Å². The Bertz CT molecular complexity index is 1670. The molecule has 0 spiro atoms. The van der Waals surface area contributed by atoms with Crippen molar-refractivity contribution in [3.63, 3.8) is 0 Å². The van der Waals surface area contributed by atoms with Gasteiger partial charge in [0, 0.05) is 37.6 Å². The van der Waals surface area contributed by atoms with Crippen molar-refractivity contribution in [2.75, 3.05) is 4.90 Å². The number of sulfonamides is 1. The minimum absolute atomic E-state index is 0.127. The Balaban J connectivity index is 1.46. The average molecular weight is 575 g/mol. The van der Waals surface area contributed by atoms with Crippen LogP contribution in [0.4, 0.5) is 10.1 Å². The second kappa shape index (κ2) is 12.0. The third-order valence-corrected chi connectivity index (χ3v) is 9.24. The van der Waals surface area contributed by atoms with E-state index in [4.69, 9.17) is 0 Å². The molecule has 214 valence electrons. The summed E-state index contributed by atoms with van der Waals surface area (Å²) in [6, 6.07) is 18.6. The summed E-state index contributed by atoms with van der Waals surface area (Å²) in [5, 5.41) is 0. The van der Waals surface area contributed by atoms with Gasteiger partial charge < -0.3 is 9.47 Å². The number of rotatable bonds is 9. The second-order valence-electron chi connectivity index (χ2n) is 10.9. The Labute approximate surface area is 241 Å². The van der Waals surface area contributed by atoms with Crippen LogP contribution in [0.15, 0.2) is 84.0 Å². The number of anilines is 1. The van der Waals surface area contributed by atoms with Crippen LogP contribution in [0.1, 0.15) is 66.2 Å². The van der Waals surface area contributed by atoms with Gasteiger partial charge >= 0.3 is 0 Å². The first-order valence-electron chi connectivity index (χ1n) is 13.8. The van der Waals surface area contributed by atoms with Crippen molar-refractivity contribution in [1.29, 1.82) is 0 Å². The van der Waals surface area contributed by atoms with Crippen molar-refractivity contribution in [3.05, 3.63) is 113 Å². The Morgan fingerprint density at radius 2 is 1.95 bits per heavy atom. The van der Waals surface area contributed by atoms with Gasteiger partial charge in [-0.05, 0) is 90.8 Å². The van der Waals surface area contributed by atoms with E-state index in [-0.39, 0.29) is 35.5 Å². The lowest BCUT2D eigenvalue weighted by molar-refractivity contribution is -0.119. The highest BCUT2D eigenvalue weighted by atomic mass is 32.2. The topological polar surface area (TPSA) is 84.3 Å². The molecule has 1 aliphatic rings. The van der Waals surface area contributed by atoms with Crippen molar-refractivity contribution >= 4 is 21.6 Å². The zero-order valence-corrected chi connectivity index (χ0v) is 24.4. The van der Waals surface area contributed by atoms with Crippen molar-refractivity contribution in [2.24, 2.45) is 7.05 Å². The van der Waals surface area contributed by atoms with Gasteiger partial charge in [-0.25, -0.2) is 22.5 Å². The third-order valence-electron chi connectivity index (χ3n) is 7.77. The maximum absolute atomic E-state index is 13.9. The number of benzene rings is 3. The van der Waals surface area contributed by atoms with E-state index >= 15 is 0 Å². The molecule has 2 atom stereocenters. The fourth-order valence-corrected chi connectivity index (χ4v) is 6.79. The average Bonchev–Trinajstić information content (AvgIpc) is 3.35. The van der Waals surface area contributed by atoms with Crippen LogP contribution in [0.3, 0.4) is 0 Å². The highest BCUT2D eigenvalue weighted by Gasteiger charge is 2.28. The summed E-state index contributed by atoms with van der Waals surface area (Å²) in [5.41, 5.74) is 4.24. The van der Waals surface area contributed by atoms with Crippen LogP contribution in [0, 0.1) is 12.7 Å². The van der Waals surface area contributed by atoms with E-state index < -0.39 is 16.1 Å². The molecule has 5 rings (SSSR count). The number of hydrogen-bond donors (Lipinski definition) is 1. The molecule has 0 fully saturated rings. The highest BCUT2D eigenvalue weighted by Crippen LogP contribution is 2.35. The van der Waals surface area contributed by atoms with Gasteiger partial charge in [-0.1, -0.05) is 37.3 Å². The molecule has 1 N–H and O–H groups in total.